The van der Waals surface area contributed by atoms with Crippen LogP contribution in [-0.4, -0.2) is 50.7 Å². The summed E-state index contributed by atoms with van der Waals surface area (Å²) in [5, 5.41) is 0.659. The number of likely N-dealkylation sites (tertiary alicyclic amines) is 2. The van der Waals surface area contributed by atoms with Crippen molar-refractivity contribution in [2.45, 2.75) is 56.9 Å². The Hall–Kier alpha value is -1.51. The van der Waals surface area contributed by atoms with Crippen molar-refractivity contribution in [1.29, 1.82) is 0 Å². The van der Waals surface area contributed by atoms with Crippen LogP contribution in [-0.2, 0) is 22.4 Å². The van der Waals surface area contributed by atoms with Gasteiger partial charge in [-0.1, -0.05) is 29.8 Å². The van der Waals surface area contributed by atoms with Crippen molar-refractivity contribution in [3.05, 3.63) is 63.9 Å². The van der Waals surface area contributed by atoms with E-state index in [-0.39, 0.29) is 21.7 Å². The number of aryl methyl sites for hydroxylation is 2. The molecule has 2 saturated heterocycles. The molecule has 7 heteroatoms. The minimum Gasteiger partial charge on any atom is -0.342 e. The molecular formula is C27H31ClIN3O2. The minimum absolute atomic E-state index is 0.0380. The van der Waals surface area contributed by atoms with Gasteiger partial charge in [0.15, 0.2) is 0 Å². The van der Waals surface area contributed by atoms with E-state index in [9.17, 15) is 9.59 Å². The lowest BCUT2D eigenvalue weighted by molar-refractivity contribution is -0.136. The molecule has 0 spiro atoms. The van der Waals surface area contributed by atoms with Crippen molar-refractivity contribution >= 4 is 43.9 Å². The number of benzene rings is 1. The lowest BCUT2D eigenvalue weighted by atomic mass is 9.90. The van der Waals surface area contributed by atoms with Crippen LogP contribution < -0.4 is 0 Å². The summed E-state index contributed by atoms with van der Waals surface area (Å²) in [4.78, 5) is 35.0. The van der Waals surface area contributed by atoms with Crippen molar-refractivity contribution in [2.24, 2.45) is 5.92 Å². The SMILES string of the molecule is O=C(I)[C@@H](c1ccc(Cl)cc1)N1CC[C@@H](C(=O)N2CCC(c3ccc4c(n3)CCCC4)CC2)C1. The van der Waals surface area contributed by atoms with Crippen LogP contribution in [0, 0.1) is 5.92 Å². The van der Waals surface area contributed by atoms with E-state index in [1.54, 1.807) is 0 Å². The molecule has 0 saturated carbocycles. The highest BCUT2D eigenvalue weighted by Gasteiger charge is 2.38. The molecule has 1 aromatic heterocycles. The Balaban J connectivity index is 1.18. The monoisotopic (exact) mass is 591 g/mol. The number of piperidine rings is 1. The number of hydrogen-bond donors (Lipinski definition) is 0. The zero-order chi connectivity index (χ0) is 23.7. The topological polar surface area (TPSA) is 53.5 Å². The number of hydrogen-bond acceptors (Lipinski definition) is 4. The summed E-state index contributed by atoms with van der Waals surface area (Å²) in [6, 6.07) is 11.7. The highest BCUT2D eigenvalue weighted by Crippen LogP contribution is 2.34. The van der Waals surface area contributed by atoms with Crippen molar-refractivity contribution in [3.63, 3.8) is 0 Å². The molecule has 2 atom stereocenters. The molecule has 180 valence electrons. The first-order valence-electron chi connectivity index (χ1n) is 12.5. The Morgan fingerprint density at radius 1 is 0.971 bits per heavy atom. The van der Waals surface area contributed by atoms with Crippen LogP contribution in [0.15, 0.2) is 36.4 Å². The van der Waals surface area contributed by atoms with Gasteiger partial charge in [0.2, 0.25) is 9.70 Å². The van der Waals surface area contributed by atoms with Gasteiger partial charge >= 0.3 is 0 Å². The van der Waals surface area contributed by atoms with Crippen molar-refractivity contribution in [2.75, 3.05) is 26.2 Å². The third-order valence-corrected chi connectivity index (χ3v) is 8.60. The first-order chi connectivity index (χ1) is 16.5. The smallest absolute Gasteiger partial charge is 0.227 e. The number of fused-ring (bicyclic) bond motifs is 1. The highest BCUT2D eigenvalue weighted by atomic mass is 127. The maximum atomic E-state index is 13.3. The molecule has 1 aliphatic carbocycles. The lowest BCUT2D eigenvalue weighted by Gasteiger charge is -2.34. The molecule has 3 heterocycles. The van der Waals surface area contributed by atoms with E-state index >= 15 is 0 Å². The minimum atomic E-state index is -0.323. The van der Waals surface area contributed by atoms with Crippen LogP contribution in [0.1, 0.15) is 66.6 Å². The number of nitrogens with zero attached hydrogens (tertiary/aromatic N) is 3. The number of rotatable bonds is 5. The molecular weight excluding hydrogens is 561 g/mol. The summed E-state index contributed by atoms with van der Waals surface area (Å²) in [5.74, 6) is 0.654. The van der Waals surface area contributed by atoms with Gasteiger partial charge in [0.25, 0.3) is 0 Å². The zero-order valence-corrected chi connectivity index (χ0v) is 22.3. The van der Waals surface area contributed by atoms with Gasteiger partial charge < -0.3 is 4.90 Å². The van der Waals surface area contributed by atoms with E-state index in [1.165, 1.54) is 29.8 Å². The number of aromatic nitrogens is 1. The van der Waals surface area contributed by atoms with E-state index in [4.69, 9.17) is 16.6 Å². The molecule has 2 aromatic rings. The van der Waals surface area contributed by atoms with Gasteiger partial charge in [-0.2, -0.15) is 0 Å². The van der Waals surface area contributed by atoms with Crippen LogP contribution in [0.5, 0.6) is 0 Å². The van der Waals surface area contributed by atoms with E-state index in [1.807, 2.05) is 51.8 Å². The van der Waals surface area contributed by atoms with Crippen molar-refractivity contribution in [3.8, 4) is 0 Å². The molecule has 2 fully saturated rings. The van der Waals surface area contributed by atoms with Crippen LogP contribution in [0.25, 0.3) is 0 Å². The first kappa shape index (κ1) is 24.2. The number of carbonyl (C=O) groups is 2. The van der Waals surface area contributed by atoms with E-state index in [2.05, 4.69) is 17.0 Å². The van der Waals surface area contributed by atoms with E-state index in [0.717, 1.165) is 57.3 Å². The van der Waals surface area contributed by atoms with Crippen molar-refractivity contribution < 1.29 is 9.59 Å². The van der Waals surface area contributed by atoms with E-state index in [0.29, 0.717) is 17.5 Å². The molecule has 3 aliphatic rings. The summed E-state index contributed by atoms with van der Waals surface area (Å²) in [6.07, 6.45) is 7.56. The Morgan fingerprint density at radius 3 is 2.44 bits per heavy atom. The number of carbonyl (C=O) groups excluding carboxylic acids is 2. The van der Waals surface area contributed by atoms with Gasteiger partial charge in [-0.05, 0) is 74.3 Å². The standard InChI is InChI=1S/C27H31ClIN3O2/c28-22-8-5-20(6-9-22)25(26(29)33)32-16-13-21(17-32)27(34)31-14-11-19(12-15-31)24-10-7-18-3-1-2-4-23(18)30-24/h5-10,19,21,25H,1-4,11-17H2/t21-,25-/m1/s1. The third-order valence-electron chi connectivity index (χ3n) is 7.76. The van der Waals surface area contributed by atoms with Gasteiger partial charge in [0.05, 0.1) is 5.92 Å². The Bertz CT molecular complexity index is 1050. The molecule has 5 nitrogen and oxygen atoms in total. The predicted octanol–water partition coefficient (Wildman–Crippen LogP) is 5.34. The Kier molecular flexibility index (Phi) is 7.56. The lowest BCUT2D eigenvalue weighted by Crippen LogP contribution is -2.42. The summed E-state index contributed by atoms with van der Waals surface area (Å²) >= 11 is 7.91. The fourth-order valence-electron chi connectivity index (χ4n) is 5.83. The Morgan fingerprint density at radius 2 is 1.71 bits per heavy atom. The quantitative estimate of drug-likeness (QED) is 0.348. The van der Waals surface area contributed by atoms with Crippen LogP contribution in [0.2, 0.25) is 5.02 Å². The normalized spacial score (nSPS) is 22.4. The molecule has 1 aromatic carbocycles. The number of halogens is 2. The number of pyridine rings is 1. The van der Waals surface area contributed by atoms with Gasteiger partial charge in [-0.15, -0.1) is 0 Å². The molecule has 0 unspecified atom stereocenters. The summed E-state index contributed by atoms with van der Waals surface area (Å²) in [5.41, 5.74) is 4.88. The largest absolute Gasteiger partial charge is 0.342 e. The Labute approximate surface area is 220 Å². The second kappa shape index (κ2) is 10.6. The second-order valence-electron chi connectivity index (χ2n) is 9.89. The predicted molar refractivity (Wildman–Crippen MR) is 142 cm³/mol. The maximum Gasteiger partial charge on any atom is 0.227 e. The average Bonchev–Trinajstić information content (AvgIpc) is 3.34. The van der Waals surface area contributed by atoms with Crippen molar-refractivity contribution in [1.82, 2.24) is 14.8 Å². The molecule has 1 amide bonds. The molecule has 34 heavy (non-hydrogen) atoms. The third kappa shape index (κ3) is 5.19. The van der Waals surface area contributed by atoms with Crippen LogP contribution >= 0.6 is 34.2 Å². The molecule has 5 rings (SSSR count). The fourth-order valence-corrected chi connectivity index (χ4v) is 6.71. The van der Waals surface area contributed by atoms with Crippen LogP contribution in [0.3, 0.4) is 0 Å². The van der Waals surface area contributed by atoms with Gasteiger partial charge in [-0.3, -0.25) is 19.5 Å². The molecule has 0 N–H and O–H groups in total. The zero-order valence-electron chi connectivity index (χ0n) is 19.4. The molecule has 2 aliphatic heterocycles. The summed E-state index contributed by atoms with van der Waals surface area (Å²) in [7, 11) is 0. The van der Waals surface area contributed by atoms with Crippen LogP contribution in [0.4, 0.5) is 0 Å². The van der Waals surface area contributed by atoms with Gasteiger partial charge in [-0.25, -0.2) is 0 Å². The second-order valence-corrected chi connectivity index (χ2v) is 11.4. The highest BCUT2D eigenvalue weighted by molar-refractivity contribution is 14.1. The summed E-state index contributed by atoms with van der Waals surface area (Å²) < 4.78 is 0.0754. The van der Waals surface area contributed by atoms with Gasteiger partial charge in [0, 0.05) is 71.1 Å². The maximum absolute atomic E-state index is 13.3. The first-order valence-corrected chi connectivity index (χ1v) is 13.9. The average molecular weight is 592 g/mol. The van der Waals surface area contributed by atoms with E-state index < -0.39 is 0 Å². The molecule has 0 bridgehead atoms. The van der Waals surface area contributed by atoms with Gasteiger partial charge in [0.1, 0.15) is 6.04 Å². The fraction of sp³-hybridized carbons (Fsp3) is 0.519. The summed E-state index contributed by atoms with van der Waals surface area (Å²) in [6.45, 7) is 2.98. The number of amides is 1. The molecule has 0 radical (unpaired) electrons.